The van der Waals surface area contributed by atoms with Crippen LogP contribution in [0.25, 0.3) is 0 Å². The molecular formula is C22H22N4O2S. The summed E-state index contributed by atoms with van der Waals surface area (Å²) in [4.78, 5) is 17.8. The molecule has 3 heterocycles. The summed E-state index contributed by atoms with van der Waals surface area (Å²) in [6.07, 6.45) is 4.29. The molecule has 29 heavy (non-hydrogen) atoms. The minimum Gasteiger partial charge on any atom is -0.467 e. The van der Waals surface area contributed by atoms with E-state index in [2.05, 4.69) is 37.4 Å². The molecule has 0 radical (unpaired) electrons. The number of allylic oxidation sites excluding steroid dienone is 2. The van der Waals surface area contributed by atoms with Crippen molar-refractivity contribution in [3.8, 4) is 0 Å². The average molecular weight is 407 g/mol. The summed E-state index contributed by atoms with van der Waals surface area (Å²) in [6, 6.07) is 13.7. The zero-order valence-corrected chi connectivity index (χ0v) is 17.1. The van der Waals surface area contributed by atoms with Gasteiger partial charge in [-0.3, -0.25) is 4.79 Å². The third-order valence-electron chi connectivity index (χ3n) is 5.35. The topological polar surface area (TPSA) is 73.0 Å². The van der Waals surface area contributed by atoms with Crippen LogP contribution in [0.5, 0.6) is 0 Å². The molecule has 1 aliphatic carbocycles. The van der Waals surface area contributed by atoms with Gasteiger partial charge in [0.1, 0.15) is 17.6 Å². The average Bonchev–Trinajstić information content (AvgIpc) is 3.34. The number of benzene rings is 1. The van der Waals surface area contributed by atoms with Crippen LogP contribution >= 0.6 is 11.8 Å². The van der Waals surface area contributed by atoms with Crippen molar-refractivity contribution in [2.75, 3.05) is 5.32 Å². The lowest BCUT2D eigenvalue weighted by Crippen LogP contribution is -2.41. The van der Waals surface area contributed by atoms with Gasteiger partial charge in [-0.25, -0.2) is 4.68 Å². The van der Waals surface area contributed by atoms with Gasteiger partial charge in [0.15, 0.2) is 0 Å². The molecule has 0 fully saturated rings. The highest BCUT2D eigenvalue weighted by Gasteiger charge is 2.46. The molecule has 2 aromatic heterocycles. The Kier molecular flexibility index (Phi) is 4.35. The molecule has 1 aromatic carbocycles. The summed E-state index contributed by atoms with van der Waals surface area (Å²) in [5, 5.41) is 8.78. The van der Waals surface area contributed by atoms with Gasteiger partial charge < -0.3 is 9.73 Å². The fourth-order valence-corrected chi connectivity index (χ4v) is 4.92. The monoisotopic (exact) mass is 406 g/mol. The number of thioether (sulfide) groups is 1. The molecule has 0 spiro atoms. The second-order valence-corrected chi connectivity index (χ2v) is 9.17. The maximum absolute atomic E-state index is 13.1. The summed E-state index contributed by atoms with van der Waals surface area (Å²) < 4.78 is 7.52. The molecule has 0 amide bonds. The molecule has 0 bridgehead atoms. The first kappa shape index (κ1) is 18.2. The largest absolute Gasteiger partial charge is 0.467 e. The summed E-state index contributed by atoms with van der Waals surface area (Å²) >= 11 is 1.58. The molecule has 2 atom stereocenters. The molecule has 148 valence electrons. The lowest BCUT2D eigenvalue weighted by Gasteiger charge is -2.39. The molecular weight excluding hydrogens is 384 g/mol. The second-order valence-electron chi connectivity index (χ2n) is 8.23. The molecule has 3 aromatic rings. The Morgan fingerprint density at radius 3 is 2.83 bits per heavy atom. The number of hydrogen-bond donors (Lipinski definition) is 1. The van der Waals surface area contributed by atoms with Gasteiger partial charge in [0.2, 0.25) is 11.1 Å². The van der Waals surface area contributed by atoms with Crippen LogP contribution in [0.3, 0.4) is 0 Å². The smallest absolute Gasteiger partial charge is 0.227 e. The normalized spacial score (nSPS) is 22.4. The zero-order chi connectivity index (χ0) is 20.0. The first-order chi connectivity index (χ1) is 14.0. The molecule has 6 nitrogen and oxygen atoms in total. The van der Waals surface area contributed by atoms with Crippen LogP contribution < -0.4 is 5.32 Å². The molecule has 1 N–H and O–H groups in total. The Hall–Kier alpha value is -2.80. The number of nitrogens with one attached hydrogen (secondary N) is 1. The van der Waals surface area contributed by atoms with E-state index < -0.39 is 0 Å². The van der Waals surface area contributed by atoms with Gasteiger partial charge in [0, 0.05) is 17.9 Å². The zero-order valence-electron chi connectivity index (χ0n) is 16.3. The number of fused-ring (bicyclic) bond motifs is 2. The van der Waals surface area contributed by atoms with Crippen molar-refractivity contribution in [1.82, 2.24) is 14.8 Å². The van der Waals surface area contributed by atoms with Crippen LogP contribution in [-0.2, 0) is 10.5 Å². The summed E-state index contributed by atoms with van der Waals surface area (Å²) in [5.41, 5.74) is 1.93. The fourth-order valence-electron chi connectivity index (χ4n) is 4.14. The molecule has 0 saturated carbocycles. The van der Waals surface area contributed by atoms with Crippen LogP contribution in [0.1, 0.15) is 37.6 Å². The van der Waals surface area contributed by atoms with Gasteiger partial charge in [-0.15, -0.1) is 5.10 Å². The van der Waals surface area contributed by atoms with E-state index >= 15 is 0 Å². The molecule has 2 aliphatic rings. The van der Waals surface area contributed by atoms with Crippen molar-refractivity contribution in [3.05, 3.63) is 71.8 Å². The Morgan fingerprint density at radius 1 is 1.24 bits per heavy atom. The third kappa shape index (κ3) is 3.40. The van der Waals surface area contributed by atoms with Crippen molar-refractivity contribution in [2.45, 2.75) is 37.2 Å². The van der Waals surface area contributed by atoms with Crippen molar-refractivity contribution >= 4 is 23.5 Å². The van der Waals surface area contributed by atoms with Crippen molar-refractivity contribution in [3.63, 3.8) is 0 Å². The number of rotatable bonds is 4. The SMILES string of the molecule is CC1(C)C=C2Nc3nc(SCc4ccccc4)nn3[C@@H](c3ccco3)[C@@H]2C(=O)C1. The minimum absolute atomic E-state index is 0.184. The lowest BCUT2D eigenvalue weighted by atomic mass is 9.73. The van der Waals surface area contributed by atoms with Gasteiger partial charge in [-0.05, 0) is 23.1 Å². The molecule has 0 unspecified atom stereocenters. The maximum Gasteiger partial charge on any atom is 0.227 e. The molecule has 7 heteroatoms. The molecule has 5 rings (SSSR count). The van der Waals surface area contributed by atoms with Crippen molar-refractivity contribution in [2.24, 2.45) is 11.3 Å². The first-order valence-electron chi connectivity index (χ1n) is 9.69. The number of carbonyl (C=O) groups is 1. The van der Waals surface area contributed by atoms with Gasteiger partial charge >= 0.3 is 0 Å². The van der Waals surface area contributed by atoms with Crippen molar-refractivity contribution < 1.29 is 9.21 Å². The van der Waals surface area contributed by atoms with E-state index in [1.165, 1.54) is 5.56 Å². The van der Waals surface area contributed by atoms with Crippen LogP contribution in [0.4, 0.5) is 5.95 Å². The Balaban J connectivity index is 1.52. The third-order valence-corrected chi connectivity index (χ3v) is 6.26. The standard InChI is InChI=1S/C22H22N4O2S/c1-22(2)11-15-18(16(27)12-22)19(17-9-6-10-28-17)26-20(23-15)24-21(25-26)29-13-14-7-4-3-5-8-14/h3-11,18-19H,12-13H2,1-2H3,(H,23,24,25)/t18-,19-/m0/s1. The van der Waals surface area contributed by atoms with E-state index in [1.54, 1.807) is 18.0 Å². The number of aromatic nitrogens is 3. The number of furan rings is 1. The first-order valence-corrected chi connectivity index (χ1v) is 10.7. The number of Topliss-reactive ketones (excluding diaryl/α,β-unsaturated/α-hetero) is 1. The fraction of sp³-hybridized carbons (Fsp3) is 0.318. The summed E-state index contributed by atoms with van der Waals surface area (Å²) in [7, 11) is 0. The van der Waals surface area contributed by atoms with E-state index in [9.17, 15) is 4.79 Å². The van der Waals surface area contributed by atoms with Gasteiger partial charge in [-0.1, -0.05) is 62.0 Å². The molecule has 0 saturated heterocycles. The van der Waals surface area contributed by atoms with E-state index in [4.69, 9.17) is 14.5 Å². The van der Waals surface area contributed by atoms with Gasteiger partial charge in [0.25, 0.3) is 0 Å². The highest BCUT2D eigenvalue weighted by molar-refractivity contribution is 7.98. The minimum atomic E-state index is -0.338. The van der Waals surface area contributed by atoms with Crippen LogP contribution in [0.15, 0.2) is 70.1 Å². The second kappa shape index (κ2) is 6.91. The Morgan fingerprint density at radius 2 is 2.07 bits per heavy atom. The number of nitrogens with zero attached hydrogens (tertiary/aromatic N) is 3. The Bertz CT molecular complexity index is 1070. The number of anilines is 1. The van der Waals surface area contributed by atoms with Gasteiger partial charge in [0.05, 0.1) is 12.2 Å². The quantitative estimate of drug-likeness (QED) is 0.635. The predicted molar refractivity (Wildman–Crippen MR) is 111 cm³/mol. The van der Waals surface area contributed by atoms with Crippen LogP contribution in [-0.4, -0.2) is 20.5 Å². The summed E-state index contributed by atoms with van der Waals surface area (Å²) in [6.45, 7) is 4.16. The van der Waals surface area contributed by atoms with Crippen LogP contribution in [0, 0.1) is 11.3 Å². The predicted octanol–water partition coefficient (Wildman–Crippen LogP) is 4.68. The maximum atomic E-state index is 13.1. The highest BCUT2D eigenvalue weighted by Crippen LogP contribution is 2.45. The summed E-state index contributed by atoms with van der Waals surface area (Å²) in [5.74, 6) is 2.01. The van der Waals surface area contributed by atoms with E-state index in [1.807, 2.05) is 35.0 Å². The van der Waals surface area contributed by atoms with E-state index in [-0.39, 0.29) is 23.2 Å². The van der Waals surface area contributed by atoms with Crippen LogP contribution in [0.2, 0.25) is 0 Å². The van der Waals surface area contributed by atoms with Crippen molar-refractivity contribution in [1.29, 1.82) is 0 Å². The van der Waals surface area contributed by atoms with Gasteiger partial charge in [-0.2, -0.15) is 4.98 Å². The number of carbonyl (C=O) groups excluding carboxylic acids is 1. The highest BCUT2D eigenvalue weighted by atomic mass is 32.2. The number of ketones is 1. The van der Waals surface area contributed by atoms with E-state index in [0.717, 1.165) is 17.2 Å². The Labute approximate surface area is 173 Å². The van der Waals surface area contributed by atoms with E-state index in [0.29, 0.717) is 17.5 Å². The molecule has 1 aliphatic heterocycles. The lowest BCUT2D eigenvalue weighted by molar-refractivity contribution is -0.125. The number of hydrogen-bond acceptors (Lipinski definition) is 6.